The summed E-state index contributed by atoms with van der Waals surface area (Å²) in [6.07, 6.45) is 7.89. The summed E-state index contributed by atoms with van der Waals surface area (Å²) in [4.78, 5) is 6.89. The molecule has 0 unspecified atom stereocenters. The number of morpholine rings is 1. The fourth-order valence-corrected chi connectivity index (χ4v) is 3.98. The van der Waals surface area contributed by atoms with Crippen LogP contribution in [0.4, 0.5) is 0 Å². The molecule has 0 amide bonds. The van der Waals surface area contributed by atoms with E-state index in [4.69, 9.17) is 4.74 Å². The molecule has 2 N–H and O–H groups in total. The van der Waals surface area contributed by atoms with Gasteiger partial charge in [0.1, 0.15) is 0 Å². The van der Waals surface area contributed by atoms with E-state index in [1.165, 1.54) is 45.1 Å². The number of nitrogens with zero attached hydrogens (tertiary/aromatic N) is 2. The van der Waals surface area contributed by atoms with Gasteiger partial charge < -0.3 is 15.4 Å². The van der Waals surface area contributed by atoms with Crippen LogP contribution in [0, 0.1) is 11.3 Å². The van der Waals surface area contributed by atoms with Gasteiger partial charge in [-0.3, -0.25) is 9.89 Å². The lowest BCUT2D eigenvalue weighted by molar-refractivity contribution is 0.0372. The van der Waals surface area contributed by atoms with Crippen LogP contribution in [0.5, 0.6) is 0 Å². The first-order chi connectivity index (χ1) is 11.6. The Balaban J connectivity index is 1.56. The number of ether oxygens (including phenoxy) is 1. The number of unbranched alkanes of at least 4 members (excludes halogenated alkanes) is 1. The van der Waals surface area contributed by atoms with Gasteiger partial charge >= 0.3 is 0 Å². The number of aliphatic imine (C=N–C) groups is 1. The minimum atomic E-state index is 0.516. The van der Waals surface area contributed by atoms with Crippen LogP contribution < -0.4 is 10.6 Å². The molecule has 0 aromatic rings. The molecule has 5 heteroatoms. The summed E-state index contributed by atoms with van der Waals surface area (Å²) in [5.41, 5.74) is 0.516. The topological polar surface area (TPSA) is 48.9 Å². The Labute approximate surface area is 148 Å². The minimum Gasteiger partial charge on any atom is -0.379 e. The molecule has 1 aliphatic carbocycles. The third-order valence-corrected chi connectivity index (χ3v) is 5.41. The lowest BCUT2D eigenvalue weighted by Gasteiger charge is -2.43. The van der Waals surface area contributed by atoms with Gasteiger partial charge in [-0.05, 0) is 50.0 Å². The monoisotopic (exact) mass is 338 g/mol. The molecule has 1 saturated heterocycles. The number of nitrogens with one attached hydrogen (secondary N) is 2. The standard InChI is InChI=1S/C19H38N4O/c1-17(2)15-19(7-6-8-19)16-22-18(20-3)21-9-4-5-10-23-11-13-24-14-12-23/h17H,4-16H2,1-3H3,(H2,20,21,22). The highest BCUT2D eigenvalue weighted by atomic mass is 16.5. The quantitative estimate of drug-likeness (QED) is 0.385. The van der Waals surface area contributed by atoms with E-state index in [0.29, 0.717) is 5.41 Å². The third-order valence-electron chi connectivity index (χ3n) is 5.41. The van der Waals surface area contributed by atoms with E-state index in [9.17, 15) is 0 Å². The molecule has 1 aliphatic heterocycles. The first-order valence-corrected chi connectivity index (χ1v) is 9.88. The van der Waals surface area contributed by atoms with Gasteiger partial charge in [0, 0.05) is 33.2 Å². The van der Waals surface area contributed by atoms with Crippen LogP contribution in [0.3, 0.4) is 0 Å². The Morgan fingerprint density at radius 1 is 1.17 bits per heavy atom. The van der Waals surface area contributed by atoms with Crippen molar-refractivity contribution in [3.05, 3.63) is 0 Å². The van der Waals surface area contributed by atoms with Crippen LogP contribution in [0.25, 0.3) is 0 Å². The normalized spacial score (nSPS) is 21.6. The molecule has 24 heavy (non-hydrogen) atoms. The minimum absolute atomic E-state index is 0.516. The second-order valence-electron chi connectivity index (χ2n) is 7.97. The van der Waals surface area contributed by atoms with E-state index in [-0.39, 0.29) is 0 Å². The maximum Gasteiger partial charge on any atom is 0.190 e. The van der Waals surface area contributed by atoms with Gasteiger partial charge in [0.15, 0.2) is 5.96 Å². The molecule has 5 nitrogen and oxygen atoms in total. The second kappa shape index (κ2) is 10.2. The molecule has 2 fully saturated rings. The molecule has 1 heterocycles. The van der Waals surface area contributed by atoms with Crippen LogP contribution in [0.1, 0.15) is 52.4 Å². The van der Waals surface area contributed by atoms with Crippen LogP contribution in [-0.2, 0) is 4.74 Å². The van der Waals surface area contributed by atoms with Gasteiger partial charge in [0.2, 0.25) is 0 Å². The van der Waals surface area contributed by atoms with Crippen LogP contribution in [0.15, 0.2) is 4.99 Å². The molecule has 0 spiro atoms. The summed E-state index contributed by atoms with van der Waals surface area (Å²) in [6, 6.07) is 0. The van der Waals surface area contributed by atoms with E-state index in [2.05, 4.69) is 34.4 Å². The Morgan fingerprint density at radius 2 is 1.92 bits per heavy atom. The number of rotatable bonds is 9. The Hall–Kier alpha value is -0.810. The van der Waals surface area contributed by atoms with Crippen molar-refractivity contribution in [3.8, 4) is 0 Å². The summed E-state index contributed by atoms with van der Waals surface area (Å²) in [6.45, 7) is 11.9. The van der Waals surface area contributed by atoms with Crippen molar-refractivity contribution in [2.45, 2.75) is 52.4 Å². The number of hydrogen-bond donors (Lipinski definition) is 2. The lowest BCUT2D eigenvalue weighted by Crippen LogP contribution is -2.47. The number of hydrogen-bond acceptors (Lipinski definition) is 3. The van der Waals surface area contributed by atoms with Crippen molar-refractivity contribution in [1.82, 2.24) is 15.5 Å². The summed E-state index contributed by atoms with van der Waals surface area (Å²) < 4.78 is 5.39. The lowest BCUT2D eigenvalue weighted by atomic mass is 9.64. The SMILES string of the molecule is CN=C(NCCCCN1CCOCC1)NCC1(CC(C)C)CCC1. The highest BCUT2D eigenvalue weighted by molar-refractivity contribution is 5.79. The maximum absolute atomic E-state index is 5.39. The summed E-state index contributed by atoms with van der Waals surface area (Å²) >= 11 is 0. The zero-order chi connectivity index (χ0) is 17.3. The predicted octanol–water partition coefficient (Wildman–Crippen LogP) is 2.48. The predicted molar refractivity (Wildman–Crippen MR) is 102 cm³/mol. The molecule has 0 radical (unpaired) electrons. The van der Waals surface area contributed by atoms with Crippen molar-refractivity contribution >= 4 is 5.96 Å². The van der Waals surface area contributed by atoms with E-state index >= 15 is 0 Å². The molecule has 0 aromatic carbocycles. The molecule has 140 valence electrons. The highest BCUT2D eigenvalue weighted by Gasteiger charge is 2.37. The van der Waals surface area contributed by atoms with Gasteiger partial charge in [-0.2, -0.15) is 0 Å². The van der Waals surface area contributed by atoms with E-state index in [0.717, 1.165) is 51.3 Å². The molecule has 0 bridgehead atoms. The fourth-order valence-electron chi connectivity index (χ4n) is 3.98. The van der Waals surface area contributed by atoms with Crippen molar-refractivity contribution < 1.29 is 4.74 Å². The third kappa shape index (κ3) is 6.60. The first kappa shape index (κ1) is 19.5. The highest BCUT2D eigenvalue weighted by Crippen LogP contribution is 2.45. The fraction of sp³-hybridized carbons (Fsp3) is 0.947. The molecule has 2 rings (SSSR count). The van der Waals surface area contributed by atoms with Crippen LogP contribution in [-0.4, -0.2) is 63.8 Å². The van der Waals surface area contributed by atoms with Crippen LogP contribution in [0.2, 0.25) is 0 Å². The van der Waals surface area contributed by atoms with Gasteiger partial charge in [-0.1, -0.05) is 20.3 Å². The van der Waals surface area contributed by atoms with Crippen molar-refractivity contribution in [2.24, 2.45) is 16.3 Å². The van der Waals surface area contributed by atoms with Crippen molar-refractivity contribution in [3.63, 3.8) is 0 Å². The molecule has 0 aromatic heterocycles. The largest absolute Gasteiger partial charge is 0.379 e. The summed E-state index contributed by atoms with van der Waals surface area (Å²) in [7, 11) is 1.87. The molecule has 2 aliphatic rings. The van der Waals surface area contributed by atoms with E-state index in [1.54, 1.807) is 0 Å². The average molecular weight is 339 g/mol. The Morgan fingerprint density at radius 3 is 2.50 bits per heavy atom. The van der Waals surface area contributed by atoms with Crippen molar-refractivity contribution in [1.29, 1.82) is 0 Å². The molecular formula is C19H38N4O. The Bertz CT molecular complexity index is 374. The van der Waals surface area contributed by atoms with Gasteiger partial charge in [-0.15, -0.1) is 0 Å². The first-order valence-electron chi connectivity index (χ1n) is 9.88. The van der Waals surface area contributed by atoms with Gasteiger partial charge in [0.05, 0.1) is 13.2 Å². The Kier molecular flexibility index (Phi) is 8.33. The summed E-state index contributed by atoms with van der Waals surface area (Å²) in [5, 5.41) is 7.05. The average Bonchev–Trinajstić information content (AvgIpc) is 2.55. The van der Waals surface area contributed by atoms with Crippen molar-refractivity contribution in [2.75, 3.05) is 53.0 Å². The second-order valence-corrected chi connectivity index (χ2v) is 7.97. The smallest absolute Gasteiger partial charge is 0.190 e. The molecular weight excluding hydrogens is 300 g/mol. The maximum atomic E-state index is 5.39. The zero-order valence-corrected chi connectivity index (χ0v) is 16.1. The molecule has 1 saturated carbocycles. The van der Waals surface area contributed by atoms with Crippen LogP contribution >= 0.6 is 0 Å². The van der Waals surface area contributed by atoms with Gasteiger partial charge in [0.25, 0.3) is 0 Å². The zero-order valence-electron chi connectivity index (χ0n) is 16.1. The number of guanidine groups is 1. The summed E-state index contributed by atoms with van der Waals surface area (Å²) in [5.74, 6) is 1.75. The van der Waals surface area contributed by atoms with E-state index in [1.807, 2.05) is 7.05 Å². The molecule has 0 atom stereocenters. The van der Waals surface area contributed by atoms with E-state index < -0.39 is 0 Å². The van der Waals surface area contributed by atoms with Gasteiger partial charge in [-0.25, -0.2) is 0 Å².